The third-order valence-electron chi connectivity index (χ3n) is 4.51. The molecule has 0 radical (unpaired) electrons. The first-order valence-electron chi connectivity index (χ1n) is 8.04. The van der Waals surface area contributed by atoms with Gasteiger partial charge in [-0.25, -0.2) is 0 Å². The number of nitrogens with one attached hydrogen (secondary N) is 1. The van der Waals surface area contributed by atoms with Crippen LogP contribution in [0.15, 0.2) is 18.2 Å². The number of rotatable bonds is 4. The third-order valence-corrected chi connectivity index (χ3v) is 4.51. The fraction of sp³-hybridized carbons (Fsp3) is 0.667. The Morgan fingerprint density at radius 3 is 2.40 bits per heavy atom. The van der Waals surface area contributed by atoms with Gasteiger partial charge in [0.1, 0.15) is 0 Å². The summed E-state index contributed by atoms with van der Waals surface area (Å²) in [6.07, 6.45) is 1.22. The number of aryl methyl sites for hydroxylation is 2. The van der Waals surface area contributed by atoms with Crippen LogP contribution in [-0.2, 0) is 6.54 Å². The third kappa shape index (κ3) is 3.83. The zero-order chi connectivity index (χ0) is 14.7. The molecule has 2 atom stereocenters. The van der Waals surface area contributed by atoms with Crippen LogP contribution in [0.25, 0.3) is 0 Å². The molecule has 1 fully saturated rings. The number of piperazine rings is 1. The van der Waals surface area contributed by atoms with Gasteiger partial charge < -0.3 is 5.32 Å². The Morgan fingerprint density at radius 2 is 1.85 bits per heavy atom. The molecule has 1 aliphatic heterocycles. The Labute approximate surface area is 124 Å². The second kappa shape index (κ2) is 6.73. The van der Waals surface area contributed by atoms with Crippen molar-refractivity contribution in [2.24, 2.45) is 5.92 Å². The molecule has 1 saturated heterocycles. The standard InChI is InChI=1S/C18H30N2/c1-6-17-10-19-18(13(2)3)12-20(17)11-16-8-14(4)7-15(5)9-16/h7-9,13,17-19H,6,10-12H2,1-5H3. The topological polar surface area (TPSA) is 15.3 Å². The Balaban J connectivity index is 2.11. The average molecular weight is 274 g/mol. The van der Waals surface area contributed by atoms with E-state index in [0.717, 1.165) is 13.1 Å². The van der Waals surface area contributed by atoms with Crippen LogP contribution in [0.2, 0.25) is 0 Å². The highest BCUT2D eigenvalue weighted by molar-refractivity contribution is 5.28. The lowest BCUT2D eigenvalue weighted by Gasteiger charge is -2.41. The Bertz CT molecular complexity index is 419. The van der Waals surface area contributed by atoms with Crippen molar-refractivity contribution >= 4 is 0 Å². The van der Waals surface area contributed by atoms with Gasteiger partial charge in [-0.3, -0.25) is 4.90 Å². The molecule has 1 N–H and O–H groups in total. The predicted octanol–water partition coefficient (Wildman–Crippen LogP) is 3.51. The summed E-state index contributed by atoms with van der Waals surface area (Å²) in [5.41, 5.74) is 4.22. The molecule has 0 saturated carbocycles. The number of hydrogen-bond donors (Lipinski definition) is 1. The van der Waals surface area contributed by atoms with Gasteiger partial charge in [0.05, 0.1) is 0 Å². The molecule has 1 heterocycles. The molecule has 0 aliphatic carbocycles. The van der Waals surface area contributed by atoms with Crippen molar-refractivity contribution in [1.29, 1.82) is 0 Å². The normalized spacial score (nSPS) is 24.3. The Morgan fingerprint density at radius 1 is 1.20 bits per heavy atom. The fourth-order valence-corrected chi connectivity index (χ4v) is 3.32. The number of hydrogen-bond acceptors (Lipinski definition) is 2. The maximum absolute atomic E-state index is 3.72. The summed E-state index contributed by atoms with van der Waals surface area (Å²) in [4.78, 5) is 2.68. The lowest BCUT2D eigenvalue weighted by Crippen LogP contribution is -2.57. The fourth-order valence-electron chi connectivity index (χ4n) is 3.32. The van der Waals surface area contributed by atoms with Crippen LogP contribution in [0.3, 0.4) is 0 Å². The van der Waals surface area contributed by atoms with Gasteiger partial charge in [0.25, 0.3) is 0 Å². The Kier molecular flexibility index (Phi) is 5.22. The van der Waals surface area contributed by atoms with Crippen LogP contribution in [0, 0.1) is 19.8 Å². The summed E-state index contributed by atoms with van der Waals surface area (Å²) in [5, 5.41) is 3.72. The highest BCUT2D eigenvalue weighted by Gasteiger charge is 2.28. The van der Waals surface area contributed by atoms with Gasteiger partial charge in [-0.15, -0.1) is 0 Å². The molecule has 2 nitrogen and oxygen atoms in total. The Hall–Kier alpha value is -0.860. The predicted molar refractivity (Wildman–Crippen MR) is 87.0 cm³/mol. The lowest BCUT2D eigenvalue weighted by molar-refractivity contribution is 0.103. The van der Waals surface area contributed by atoms with E-state index >= 15 is 0 Å². The van der Waals surface area contributed by atoms with Crippen molar-refractivity contribution in [2.45, 2.75) is 59.7 Å². The van der Waals surface area contributed by atoms with Crippen LogP contribution in [-0.4, -0.2) is 30.1 Å². The number of nitrogens with zero attached hydrogens (tertiary/aromatic N) is 1. The quantitative estimate of drug-likeness (QED) is 0.904. The first kappa shape index (κ1) is 15.5. The summed E-state index contributed by atoms with van der Waals surface area (Å²) < 4.78 is 0. The zero-order valence-electron chi connectivity index (χ0n) is 13.7. The van der Waals surface area contributed by atoms with E-state index < -0.39 is 0 Å². The molecule has 1 aromatic rings. The van der Waals surface area contributed by atoms with Crippen LogP contribution < -0.4 is 5.32 Å². The summed E-state index contributed by atoms with van der Waals surface area (Å²) in [7, 11) is 0. The minimum atomic E-state index is 0.628. The average Bonchev–Trinajstić information content (AvgIpc) is 2.37. The highest BCUT2D eigenvalue weighted by atomic mass is 15.2. The van der Waals surface area contributed by atoms with Crippen LogP contribution in [0.4, 0.5) is 0 Å². The molecule has 112 valence electrons. The summed E-state index contributed by atoms with van der Waals surface area (Å²) >= 11 is 0. The largest absolute Gasteiger partial charge is 0.311 e. The molecule has 2 unspecified atom stereocenters. The van der Waals surface area contributed by atoms with E-state index in [1.54, 1.807) is 0 Å². The van der Waals surface area contributed by atoms with E-state index in [4.69, 9.17) is 0 Å². The molecule has 1 aliphatic rings. The first-order chi connectivity index (χ1) is 9.49. The van der Waals surface area contributed by atoms with Crippen molar-refractivity contribution < 1.29 is 0 Å². The van der Waals surface area contributed by atoms with E-state index in [0.29, 0.717) is 18.0 Å². The molecule has 0 aromatic heterocycles. The SMILES string of the molecule is CCC1CNC(C(C)C)CN1Cc1cc(C)cc(C)c1. The maximum Gasteiger partial charge on any atom is 0.0238 e. The van der Waals surface area contributed by atoms with E-state index in [9.17, 15) is 0 Å². The number of benzene rings is 1. The minimum Gasteiger partial charge on any atom is -0.311 e. The molecule has 0 amide bonds. The zero-order valence-corrected chi connectivity index (χ0v) is 13.7. The molecule has 0 spiro atoms. The molecule has 2 heteroatoms. The highest BCUT2D eigenvalue weighted by Crippen LogP contribution is 2.19. The first-order valence-corrected chi connectivity index (χ1v) is 8.04. The van der Waals surface area contributed by atoms with Gasteiger partial charge in [0.2, 0.25) is 0 Å². The van der Waals surface area contributed by atoms with Crippen molar-refractivity contribution in [3.8, 4) is 0 Å². The van der Waals surface area contributed by atoms with E-state index in [1.807, 2.05) is 0 Å². The minimum absolute atomic E-state index is 0.628. The van der Waals surface area contributed by atoms with Crippen molar-refractivity contribution in [3.63, 3.8) is 0 Å². The van der Waals surface area contributed by atoms with Crippen molar-refractivity contribution in [2.75, 3.05) is 13.1 Å². The second-order valence-corrected chi connectivity index (χ2v) is 6.75. The van der Waals surface area contributed by atoms with Gasteiger partial charge in [0.15, 0.2) is 0 Å². The summed E-state index contributed by atoms with van der Waals surface area (Å²) in [6, 6.07) is 8.24. The molecule has 0 bridgehead atoms. The van der Waals surface area contributed by atoms with Gasteiger partial charge in [-0.1, -0.05) is 50.1 Å². The summed E-state index contributed by atoms with van der Waals surface area (Å²) in [6.45, 7) is 14.7. The second-order valence-electron chi connectivity index (χ2n) is 6.75. The maximum atomic E-state index is 3.72. The van der Waals surface area contributed by atoms with E-state index in [1.165, 1.54) is 29.7 Å². The van der Waals surface area contributed by atoms with Crippen LogP contribution in [0.5, 0.6) is 0 Å². The molecule has 1 aromatic carbocycles. The molecular weight excluding hydrogens is 244 g/mol. The van der Waals surface area contributed by atoms with Crippen LogP contribution in [0.1, 0.15) is 43.9 Å². The van der Waals surface area contributed by atoms with E-state index in [2.05, 4.69) is 63.0 Å². The summed E-state index contributed by atoms with van der Waals surface area (Å²) in [5.74, 6) is 0.703. The molecule has 2 rings (SSSR count). The lowest BCUT2D eigenvalue weighted by atomic mass is 9.97. The van der Waals surface area contributed by atoms with Crippen molar-refractivity contribution in [1.82, 2.24) is 10.2 Å². The molecule has 20 heavy (non-hydrogen) atoms. The monoisotopic (exact) mass is 274 g/mol. The van der Waals surface area contributed by atoms with Crippen molar-refractivity contribution in [3.05, 3.63) is 34.9 Å². The van der Waals surface area contributed by atoms with Gasteiger partial charge in [0, 0.05) is 31.7 Å². The smallest absolute Gasteiger partial charge is 0.0238 e. The van der Waals surface area contributed by atoms with Crippen LogP contribution >= 0.6 is 0 Å². The van der Waals surface area contributed by atoms with Gasteiger partial charge in [-0.2, -0.15) is 0 Å². The molecular formula is C18H30N2. The van der Waals surface area contributed by atoms with Gasteiger partial charge >= 0.3 is 0 Å². The van der Waals surface area contributed by atoms with Gasteiger partial charge in [-0.05, 0) is 31.7 Å². The van der Waals surface area contributed by atoms with E-state index in [-0.39, 0.29) is 0 Å².